The van der Waals surface area contributed by atoms with Crippen LogP contribution in [0.1, 0.15) is 28.8 Å². The maximum Gasteiger partial charge on any atom is 0.209 e. The molecule has 0 saturated carbocycles. The molecule has 0 unspecified atom stereocenters. The summed E-state index contributed by atoms with van der Waals surface area (Å²) in [5.41, 5.74) is 10.2. The molecule has 2 aliphatic rings. The lowest BCUT2D eigenvalue weighted by atomic mass is 9.93. The van der Waals surface area contributed by atoms with E-state index in [0.29, 0.717) is 5.70 Å². The van der Waals surface area contributed by atoms with Gasteiger partial charge in [0, 0.05) is 11.1 Å². The second kappa shape index (κ2) is 4.83. The van der Waals surface area contributed by atoms with Crippen LogP contribution in [0.15, 0.2) is 53.8 Å². The van der Waals surface area contributed by atoms with Gasteiger partial charge in [-0.3, -0.25) is 4.79 Å². The summed E-state index contributed by atoms with van der Waals surface area (Å²) in [6.07, 6.45) is 8.18. The number of fused-ring (bicyclic) bond motifs is 1. The number of hydrogen-bond acceptors (Lipinski definition) is 2. The van der Waals surface area contributed by atoms with Gasteiger partial charge in [0.25, 0.3) is 0 Å². The fourth-order valence-electron chi connectivity index (χ4n) is 2.46. The molecule has 1 aromatic rings. The van der Waals surface area contributed by atoms with Gasteiger partial charge < -0.3 is 5.73 Å². The highest BCUT2D eigenvalue weighted by Gasteiger charge is 2.28. The average molecular weight is 260 g/mol. The average Bonchev–Trinajstić information content (AvgIpc) is 2.64. The van der Waals surface area contributed by atoms with Gasteiger partial charge in [-0.15, -0.1) is 12.4 Å². The highest BCUT2D eigenvalue weighted by Crippen LogP contribution is 2.37. The van der Waals surface area contributed by atoms with Crippen LogP contribution in [-0.4, -0.2) is 5.78 Å². The Hall–Kier alpha value is -1.80. The molecule has 1 aromatic carbocycles. The first-order chi connectivity index (χ1) is 8.29. The number of benzene rings is 1. The van der Waals surface area contributed by atoms with Crippen molar-refractivity contribution in [2.45, 2.75) is 12.8 Å². The molecule has 0 spiro atoms. The first-order valence-electron chi connectivity index (χ1n) is 5.79. The Morgan fingerprint density at radius 2 is 1.83 bits per heavy atom. The standard InChI is InChI=1S/C15H13NO.ClH/c16-14-13(10-6-2-1-3-7-10)11-8-4-5-9-12(11)15(14)17;/h1-2,4-6,8-9H,3,7H2,(H2,16,17);1H. The molecule has 0 radical (unpaired) electrons. The Morgan fingerprint density at radius 1 is 1.11 bits per heavy atom. The van der Waals surface area contributed by atoms with E-state index in [1.165, 1.54) is 5.57 Å². The smallest absolute Gasteiger partial charge is 0.209 e. The molecule has 0 amide bonds. The molecule has 0 atom stereocenters. The molecule has 0 bridgehead atoms. The Balaban J connectivity index is 0.00000120. The highest BCUT2D eigenvalue weighted by atomic mass is 35.5. The Kier molecular flexibility index (Phi) is 3.39. The van der Waals surface area contributed by atoms with Crippen molar-refractivity contribution in [2.75, 3.05) is 0 Å². The monoisotopic (exact) mass is 259 g/mol. The van der Waals surface area contributed by atoms with Crippen molar-refractivity contribution >= 4 is 23.8 Å². The largest absolute Gasteiger partial charge is 0.395 e. The lowest BCUT2D eigenvalue weighted by molar-refractivity contribution is 0.103. The molecule has 3 heteroatoms. The van der Waals surface area contributed by atoms with E-state index in [4.69, 9.17) is 5.73 Å². The Labute approximate surface area is 112 Å². The van der Waals surface area contributed by atoms with Crippen LogP contribution < -0.4 is 5.73 Å². The molecule has 0 aromatic heterocycles. The topological polar surface area (TPSA) is 43.1 Å². The van der Waals surface area contributed by atoms with Crippen LogP contribution in [0.5, 0.6) is 0 Å². The third-order valence-electron chi connectivity index (χ3n) is 3.29. The lowest BCUT2D eigenvalue weighted by Gasteiger charge is -2.12. The number of hydrogen-bond donors (Lipinski definition) is 1. The molecule has 0 saturated heterocycles. The van der Waals surface area contributed by atoms with Gasteiger partial charge in [0.2, 0.25) is 5.78 Å². The minimum absolute atomic E-state index is 0. The van der Waals surface area contributed by atoms with Gasteiger partial charge in [0.1, 0.15) is 0 Å². The second-order valence-electron chi connectivity index (χ2n) is 4.32. The zero-order chi connectivity index (χ0) is 11.8. The third-order valence-corrected chi connectivity index (χ3v) is 3.29. The van der Waals surface area contributed by atoms with Crippen LogP contribution in [0.4, 0.5) is 0 Å². The number of nitrogens with two attached hydrogens (primary N) is 1. The number of allylic oxidation sites excluding steroid dienone is 6. The first-order valence-corrected chi connectivity index (χ1v) is 5.79. The summed E-state index contributed by atoms with van der Waals surface area (Å²) in [6.45, 7) is 0. The van der Waals surface area contributed by atoms with E-state index in [1.54, 1.807) is 0 Å². The van der Waals surface area contributed by atoms with Gasteiger partial charge in [-0.05, 0) is 24.0 Å². The van der Waals surface area contributed by atoms with E-state index in [-0.39, 0.29) is 18.2 Å². The summed E-state index contributed by atoms with van der Waals surface area (Å²) in [6, 6.07) is 7.64. The summed E-state index contributed by atoms with van der Waals surface area (Å²) < 4.78 is 0. The van der Waals surface area contributed by atoms with Crippen molar-refractivity contribution in [1.29, 1.82) is 0 Å². The van der Waals surface area contributed by atoms with Crippen molar-refractivity contribution in [3.05, 3.63) is 64.9 Å². The molecule has 0 heterocycles. The van der Waals surface area contributed by atoms with E-state index >= 15 is 0 Å². The van der Waals surface area contributed by atoms with E-state index in [0.717, 1.165) is 29.5 Å². The van der Waals surface area contributed by atoms with Crippen LogP contribution in [-0.2, 0) is 0 Å². The molecular weight excluding hydrogens is 246 g/mol. The summed E-state index contributed by atoms with van der Waals surface area (Å²) in [7, 11) is 0. The Morgan fingerprint density at radius 3 is 2.50 bits per heavy atom. The normalized spacial score (nSPS) is 17.3. The lowest BCUT2D eigenvalue weighted by Crippen LogP contribution is -2.08. The molecule has 0 aliphatic heterocycles. The highest BCUT2D eigenvalue weighted by molar-refractivity contribution is 6.22. The third kappa shape index (κ3) is 1.79. The van der Waals surface area contributed by atoms with Crippen LogP contribution in [0.2, 0.25) is 0 Å². The minimum atomic E-state index is -0.0361. The van der Waals surface area contributed by atoms with E-state index in [2.05, 4.69) is 12.2 Å². The van der Waals surface area contributed by atoms with E-state index < -0.39 is 0 Å². The molecule has 0 fully saturated rings. The molecule has 3 rings (SSSR count). The van der Waals surface area contributed by atoms with Crippen LogP contribution in [0.25, 0.3) is 5.57 Å². The predicted octanol–water partition coefficient (Wildman–Crippen LogP) is 3.25. The van der Waals surface area contributed by atoms with Crippen LogP contribution >= 0.6 is 12.4 Å². The SMILES string of the molecule is Cl.NC1=C(C2=CC=CCC2)c2ccccc2C1=O. The predicted molar refractivity (Wildman–Crippen MR) is 75.6 cm³/mol. The van der Waals surface area contributed by atoms with Gasteiger partial charge in [-0.2, -0.15) is 0 Å². The number of halogens is 1. The summed E-state index contributed by atoms with van der Waals surface area (Å²) in [5, 5.41) is 0. The van der Waals surface area contributed by atoms with Gasteiger partial charge >= 0.3 is 0 Å². The van der Waals surface area contributed by atoms with Crippen molar-refractivity contribution < 1.29 is 4.79 Å². The van der Waals surface area contributed by atoms with Crippen molar-refractivity contribution in [2.24, 2.45) is 5.73 Å². The molecule has 2 aliphatic carbocycles. The number of ketones is 1. The summed E-state index contributed by atoms with van der Waals surface area (Å²) in [4.78, 5) is 12.0. The minimum Gasteiger partial charge on any atom is -0.395 e. The van der Waals surface area contributed by atoms with Gasteiger partial charge in [-0.1, -0.05) is 42.5 Å². The van der Waals surface area contributed by atoms with Crippen LogP contribution in [0, 0.1) is 0 Å². The fourth-order valence-corrected chi connectivity index (χ4v) is 2.46. The number of carbonyl (C=O) groups is 1. The van der Waals surface area contributed by atoms with Gasteiger partial charge in [0.15, 0.2) is 0 Å². The van der Waals surface area contributed by atoms with Crippen LogP contribution in [0.3, 0.4) is 0 Å². The number of rotatable bonds is 1. The molecule has 92 valence electrons. The zero-order valence-corrected chi connectivity index (χ0v) is 10.7. The van der Waals surface area contributed by atoms with Gasteiger partial charge in [0.05, 0.1) is 5.70 Å². The molecule has 18 heavy (non-hydrogen) atoms. The van der Waals surface area contributed by atoms with Gasteiger partial charge in [-0.25, -0.2) is 0 Å². The van der Waals surface area contributed by atoms with Crippen molar-refractivity contribution in [1.82, 2.24) is 0 Å². The van der Waals surface area contributed by atoms with E-state index in [9.17, 15) is 4.79 Å². The maximum absolute atomic E-state index is 12.0. The summed E-state index contributed by atoms with van der Waals surface area (Å²) >= 11 is 0. The molecular formula is C15H14ClNO. The fraction of sp³-hybridized carbons (Fsp3) is 0.133. The summed E-state index contributed by atoms with van der Waals surface area (Å²) in [5.74, 6) is -0.0361. The van der Waals surface area contributed by atoms with E-state index in [1.807, 2.05) is 30.3 Å². The maximum atomic E-state index is 12.0. The number of carbonyl (C=O) groups excluding carboxylic acids is 1. The van der Waals surface area contributed by atoms with Crippen molar-refractivity contribution in [3.8, 4) is 0 Å². The second-order valence-corrected chi connectivity index (χ2v) is 4.32. The van der Waals surface area contributed by atoms with Crippen molar-refractivity contribution in [3.63, 3.8) is 0 Å². The molecule has 2 N–H and O–H groups in total. The first kappa shape index (κ1) is 12.7. The molecule has 2 nitrogen and oxygen atoms in total. The number of Topliss-reactive ketones (excluding diaryl/α,β-unsaturated/α-hetero) is 1. The quantitative estimate of drug-likeness (QED) is 0.841. The zero-order valence-electron chi connectivity index (χ0n) is 9.85. The Bertz CT molecular complexity index is 596.